The highest BCUT2D eigenvalue weighted by molar-refractivity contribution is 9.10. The van der Waals surface area contributed by atoms with Gasteiger partial charge in [-0.05, 0) is 102 Å². The Morgan fingerprint density at radius 3 is 1.31 bits per heavy atom. The Morgan fingerprint density at radius 2 is 0.812 bits per heavy atom. The second-order valence-electron chi connectivity index (χ2n) is 11.0. The summed E-state index contributed by atoms with van der Waals surface area (Å²) in [6.45, 7) is 0. The third-order valence-corrected chi connectivity index (χ3v) is 9.18. The second kappa shape index (κ2) is 15.3. The summed E-state index contributed by atoms with van der Waals surface area (Å²) in [6.07, 6.45) is 0. The van der Waals surface area contributed by atoms with E-state index in [0.717, 1.165) is 37.1 Å². The highest BCUT2D eigenvalue weighted by Gasteiger charge is 2.16. The first kappa shape index (κ1) is 34.3. The van der Waals surface area contributed by atoms with Gasteiger partial charge in [-0.1, -0.05) is 165 Å². The molecule has 0 radical (unpaired) electrons. The Morgan fingerprint density at radius 1 is 0.417 bits per heavy atom. The van der Waals surface area contributed by atoms with Gasteiger partial charge in [0.2, 0.25) is 0 Å². The summed E-state index contributed by atoms with van der Waals surface area (Å²) >= 11 is 26.9. The normalized spacial score (nSPS) is 10.8. The molecule has 48 heavy (non-hydrogen) atoms. The fourth-order valence-corrected chi connectivity index (χ4v) is 7.63. The van der Waals surface area contributed by atoms with E-state index in [9.17, 15) is 10.0 Å². The zero-order valence-electron chi connectivity index (χ0n) is 25.2. The van der Waals surface area contributed by atoms with E-state index in [1.165, 1.54) is 21.5 Å². The van der Waals surface area contributed by atoms with Crippen molar-refractivity contribution in [2.24, 2.45) is 0 Å². The van der Waals surface area contributed by atoms with Gasteiger partial charge in [-0.25, -0.2) is 0 Å². The summed E-state index contributed by atoms with van der Waals surface area (Å²) in [7, 11) is -1.44. The molecule has 0 aromatic heterocycles. The lowest BCUT2D eigenvalue weighted by atomic mass is 9.76. The summed E-state index contributed by atoms with van der Waals surface area (Å²) in [4.78, 5) is 0. The van der Waals surface area contributed by atoms with Crippen molar-refractivity contribution in [3.63, 3.8) is 0 Å². The van der Waals surface area contributed by atoms with E-state index in [2.05, 4.69) is 70.5 Å². The third kappa shape index (κ3) is 7.83. The van der Waals surface area contributed by atoms with Crippen LogP contribution in [0.2, 0.25) is 20.1 Å². The molecule has 2 nitrogen and oxygen atoms in total. The minimum atomic E-state index is -1.44. The largest absolute Gasteiger partial charge is 0.489 e. The minimum absolute atomic E-state index is 0.555. The van der Waals surface area contributed by atoms with E-state index in [1.54, 1.807) is 24.3 Å². The van der Waals surface area contributed by atoms with Gasteiger partial charge in [0.1, 0.15) is 0 Å². The summed E-state index contributed by atoms with van der Waals surface area (Å²) in [5, 5.41) is 30.5. The average molecular weight is 771 g/mol. The Labute approximate surface area is 307 Å². The van der Waals surface area contributed by atoms with Crippen LogP contribution in [0.15, 0.2) is 150 Å². The van der Waals surface area contributed by atoms with E-state index in [0.29, 0.717) is 25.6 Å². The molecule has 0 saturated heterocycles. The Kier molecular flexibility index (Phi) is 10.9. The standard InChI is InChI=1S/C20H12Cl2.C14H11BO2.C6H3BrCl2/c21-15-9-14(10-16(22)12-15)20-11-13-5-1-2-6-17(13)18-7-3-4-8-19(18)20;16-15(17)14-9-10-5-1-2-6-11(10)12-7-3-4-8-13(12)14;7-4-1-5(8)3-6(9)2-4/h1-12H;1-9,16-17H;1-3H. The number of hydrogen-bond acceptors (Lipinski definition) is 2. The van der Waals surface area contributed by atoms with Crippen molar-refractivity contribution < 1.29 is 10.0 Å². The van der Waals surface area contributed by atoms with Crippen LogP contribution in [0.1, 0.15) is 0 Å². The molecule has 236 valence electrons. The molecule has 0 unspecified atom stereocenters. The van der Waals surface area contributed by atoms with E-state index >= 15 is 0 Å². The van der Waals surface area contributed by atoms with Gasteiger partial charge in [0.15, 0.2) is 0 Å². The topological polar surface area (TPSA) is 40.5 Å². The van der Waals surface area contributed by atoms with E-state index in [-0.39, 0.29) is 0 Å². The maximum atomic E-state index is 9.44. The van der Waals surface area contributed by atoms with Crippen LogP contribution in [0.5, 0.6) is 0 Å². The highest BCUT2D eigenvalue weighted by atomic mass is 79.9. The molecule has 0 saturated carbocycles. The Bertz CT molecular complexity index is 2340. The molecule has 8 rings (SSSR count). The lowest BCUT2D eigenvalue weighted by Gasteiger charge is -2.11. The van der Waals surface area contributed by atoms with Gasteiger partial charge in [-0.15, -0.1) is 0 Å². The van der Waals surface area contributed by atoms with Crippen molar-refractivity contribution in [2.45, 2.75) is 0 Å². The van der Waals surface area contributed by atoms with Gasteiger partial charge < -0.3 is 10.0 Å². The summed E-state index contributed by atoms with van der Waals surface area (Å²) in [6, 6.07) is 47.6. The molecule has 0 spiro atoms. The van der Waals surface area contributed by atoms with Crippen molar-refractivity contribution >= 4 is 118 Å². The molecule has 0 aliphatic rings. The molecular weight excluding hydrogens is 745 g/mol. The number of benzene rings is 8. The average Bonchev–Trinajstić information content (AvgIpc) is 3.07. The van der Waals surface area contributed by atoms with E-state index in [1.807, 2.05) is 66.7 Å². The molecule has 0 atom stereocenters. The zero-order chi connectivity index (χ0) is 33.8. The molecule has 8 aromatic carbocycles. The van der Waals surface area contributed by atoms with Crippen molar-refractivity contribution in [2.75, 3.05) is 0 Å². The zero-order valence-corrected chi connectivity index (χ0v) is 29.8. The lowest BCUT2D eigenvalue weighted by Crippen LogP contribution is -2.30. The molecule has 2 N–H and O–H groups in total. The van der Waals surface area contributed by atoms with E-state index < -0.39 is 7.12 Å². The van der Waals surface area contributed by atoms with Crippen molar-refractivity contribution in [1.29, 1.82) is 0 Å². The molecule has 8 heteroatoms. The summed E-state index contributed by atoms with van der Waals surface area (Å²) in [5.74, 6) is 0. The Balaban J connectivity index is 0.000000137. The minimum Gasteiger partial charge on any atom is -0.423 e. The summed E-state index contributed by atoms with van der Waals surface area (Å²) < 4.78 is 0.903. The smallest absolute Gasteiger partial charge is 0.423 e. The van der Waals surface area contributed by atoms with Crippen molar-refractivity contribution in [3.05, 3.63) is 170 Å². The van der Waals surface area contributed by atoms with Crippen LogP contribution >= 0.6 is 62.3 Å². The van der Waals surface area contributed by atoms with Crippen LogP contribution in [0.25, 0.3) is 54.2 Å². The monoisotopic (exact) mass is 768 g/mol. The second-order valence-corrected chi connectivity index (χ2v) is 13.7. The number of rotatable bonds is 2. The van der Waals surface area contributed by atoms with E-state index in [4.69, 9.17) is 46.4 Å². The van der Waals surface area contributed by atoms with Gasteiger partial charge in [0.05, 0.1) is 0 Å². The van der Waals surface area contributed by atoms with Gasteiger partial charge in [0.25, 0.3) is 0 Å². The number of hydrogen-bond donors (Lipinski definition) is 2. The molecule has 0 amide bonds. The molecule has 0 aliphatic heterocycles. The van der Waals surface area contributed by atoms with Crippen molar-refractivity contribution in [3.8, 4) is 11.1 Å². The molecule has 0 heterocycles. The van der Waals surface area contributed by atoms with Gasteiger partial charge in [-0.2, -0.15) is 0 Å². The van der Waals surface area contributed by atoms with Crippen LogP contribution in [0, 0.1) is 0 Å². The van der Waals surface area contributed by atoms with Crippen LogP contribution in [-0.2, 0) is 0 Å². The number of fused-ring (bicyclic) bond motifs is 6. The first-order valence-corrected chi connectivity index (χ1v) is 17.2. The van der Waals surface area contributed by atoms with Crippen LogP contribution in [0.3, 0.4) is 0 Å². The third-order valence-electron chi connectivity index (χ3n) is 7.85. The number of halogens is 5. The van der Waals surface area contributed by atoms with Gasteiger partial charge >= 0.3 is 7.12 Å². The quantitative estimate of drug-likeness (QED) is 0.136. The molecule has 0 aliphatic carbocycles. The first-order chi connectivity index (χ1) is 23.2. The first-order valence-electron chi connectivity index (χ1n) is 14.9. The Hall–Kier alpha value is -3.58. The molecule has 8 aromatic rings. The maximum absolute atomic E-state index is 9.44. The molecule has 0 bridgehead atoms. The van der Waals surface area contributed by atoms with Crippen LogP contribution in [0.4, 0.5) is 0 Å². The fourth-order valence-electron chi connectivity index (χ4n) is 5.82. The SMILES string of the molecule is Clc1cc(Cl)cc(-c2cc3ccccc3c3ccccc23)c1.Clc1cc(Cl)cc(Br)c1.OB(O)c1cc2ccccc2c2ccccc12. The lowest BCUT2D eigenvalue weighted by molar-refractivity contribution is 0.426. The van der Waals surface area contributed by atoms with Crippen LogP contribution in [-0.4, -0.2) is 17.2 Å². The predicted octanol–water partition coefficient (Wildman–Crippen LogP) is 12.4. The molecule has 0 fully saturated rings. The maximum Gasteiger partial charge on any atom is 0.489 e. The summed E-state index contributed by atoms with van der Waals surface area (Å²) in [5.41, 5.74) is 2.75. The molecular formula is C40H26BBrCl4O2. The van der Waals surface area contributed by atoms with Gasteiger partial charge in [-0.3, -0.25) is 0 Å². The highest BCUT2D eigenvalue weighted by Crippen LogP contribution is 2.37. The predicted molar refractivity (Wildman–Crippen MR) is 212 cm³/mol. The van der Waals surface area contributed by atoms with Crippen LogP contribution < -0.4 is 5.46 Å². The van der Waals surface area contributed by atoms with Crippen molar-refractivity contribution in [1.82, 2.24) is 0 Å². The fraction of sp³-hybridized carbons (Fsp3) is 0. The van der Waals surface area contributed by atoms with Gasteiger partial charge in [0, 0.05) is 24.6 Å².